The molecule has 0 saturated carbocycles. The number of amides is 1. The monoisotopic (exact) mass is 305 g/mol. The molecule has 7 heteroatoms. The van der Waals surface area contributed by atoms with Gasteiger partial charge in [0.1, 0.15) is 0 Å². The molecule has 1 aromatic heterocycles. The molecule has 0 radical (unpaired) electrons. The molecule has 0 aliphatic carbocycles. The smallest absolute Gasteiger partial charge is 0.238 e. The highest BCUT2D eigenvalue weighted by molar-refractivity contribution is 7.89. The van der Waals surface area contributed by atoms with Crippen molar-refractivity contribution in [1.82, 2.24) is 4.98 Å². The maximum Gasteiger partial charge on any atom is 0.238 e. The van der Waals surface area contributed by atoms with Crippen LogP contribution in [0.15, 0.2) is 53.7 Å². The number of hydrogen-bond donors (Lipinski definition) is 2. The number of anilines is 1. The summed E-state index contributed by atoms with van der Waals surface area (Å²) in [6.45, 7) is 0. The van der Waals surface area contributed by atoms with E-state index in [0.29, 0.717) is 12.1 Å². The number of carbonyl (C=O) groups is 1. The largest absolute Gasteiger partial charge is 0.325 e. The fourth-order valence-electron chi connectivity index (χ4n) is 1.80. The molecule has 0 saturated heterocycles. The van der Waals surface area contributed by atoms with Gasteiger partial charge in [-0.05, 0) is 36.2 Å². The van der Waals surface area contributed by atoms with Crippen molar-refractivity contribution in [2.45, 2.75) is 17.7 Å². The minimum atomic E-state index is -3.72. The molecule has 0 spiro atoms. The molecule has 0 fully saturated rings. The Bertz CT molecular complexity index is 730. The third kappa shape index (κ3) is 4.66. The lowest BCUT2D eigenvalue weighted by Gasteiger charge is -2.05. The Morgan fingerprint density at radius 3 is 2.71 bits per heavy atom. The second kappa shape index (κ2) is 6.47. The van der Waals surface area contributed by atoms with E-state index in [-0.39, 0.29) is 17.2 Å². The molecule has 0 unspecified atom stereocenters. The summed E-state index contributed by atoms with van der Waals surface area (Å²) < 4.78 is 22.5. The molecule has 0 aliphatic heterocycles. The second-order valence-electron chi connectivity index (χ2n) is 4.48. The summed E-state index contributed by atoms with van der Waals surface area (Å²) in [7, 11) is -3.72. The number of benzene rings is 1. The highest BCUT2D eigenvalue weighted by atomic mass is 32.2. The van der Waals surface area contributed by atoms with E-state index in [4.69, 9.17) is 5.14 Å². The van der Waals surface area contributed by atoms with Crippen molar-refractivity contribution < 1.29 is 13.2 Å². The summed E-state index contributed by atoms with van der Waals surface area (Å²) in [6, 6.07) is 9.74. The van der Waals surface area contributed by atoms with E-state index in [9.17, 15) is 13.2 Å². The molecule has 21 heavy (non-hydrogen) atoms. The molecule has 3 N–H and O–H groups in total. The molecule has 6 nitrogen and oxygen atoms in total. The summed E-state index contributed by atoms with van der Waals surface area (Å²) in [6.07, 6.45) is 3.84. The van der Waals surface area contributed by atoms with Gasteiger partial charge in [-0.1, -0.05) is 12.1 Å². The molecule has 2 rings (SSSR count). The number of nitrogens with one attached hydrogen (secondary N) is 1. The number of nitrogens with two attached hydrogens (primary N) is 1. The second-order valence-corrected chi connectivity index (χ2v) is 6.04. The van der Waals surface area contributed by atoms with Crippen molar-refractivity contribution in [3.8, 4) is 0 Å². The number of sulfonamides is 1. The van der Waals surface area contributed by atoms with Crippen molar-refractivity contribution in [1.29, 1.82) is 0 Å². The van der Waals surface area contributed by atoms with Crippen LogP contribution in [0.1, 0.15) is 12.0 Å². The molecule has 1 amide bonds. The van der Waals surface area contributed by atoms with E-state index in [1.54, 1.807) is 36.7 Å². The number of nitrogens with zero attached hydrogens (tertiary/aromatic N) is 1. The first-order chi connectivity index (χ1) is 9.95. The van der Waals surface area contributed by atoms with Crippen LogP contribution >= 0.6 is 0 Å². The van der Waals surface area contributed by atoms with Gasteiger partial charge in [0, 0.05) is 12.6 Å². The van der Waals surface area contributed by atoms with Crippen LogP contribution < -0.4 is 10.5 Å². The van der Waals surface area contributed by atoms with Crippen LogP contribution in [0.4, 0.5) is 5.69 Å². The predicted molar refractivity (Wildman–Crippen MR) is 79.0 cm³/mol. The van der Waals surface area contributed by atoms with Crippen molar-refractivity contribution in [3.63, 3.8) is 0 Å². The molecule has 110 valence electrons. The standard InChI is InChI=1S/C14H15N3O3S/c15-21(19,20)13-5-1-3-11(9-13)6-7-14(18)17-12-4-2-8-16-10-12/h1-5,8-10H,6-7H2,(H,17,18)(H2,15,19,20). The Labute approximate surface area is 123 Å². The number of primary sulfonamides is 1. The third-order valence-electron chi connectivity index (χ3n) is 2.81. The van der Waals surface area contributed by atoms with Crippen molar-refractivity contribution in [3.05, 3.63) is 54.4 Å². The minimum absolute atomic E-state index is 0.0488. The zero-order valence-corrected chi connectivity index (χ0v) is 12.0. The maximum absolute atomic E-state index is 11.8. The van der Waals surface area contributed by atoms with Gasteiger partial charge in [-0.3, -0.25) is 9.78 Å². The highest BCUT2D eigenvalue weighted by Gasteiger charge is 2.09. The van der Waals surface area contributed by atoms with E-state index in [1.807, 2.05) is 0 Å². The van der Waals surface area contributed by atoms with Crippen LogP contribution in [-0.4, -0.2) is 19.3 Å². The van der Waals surface area contributed by atoms with Crippen molar-refractivity contribution in [2.75, 3.05) is 5.32 Å². The lowest BCUT2D eigenvalue weighted by molar-refractivity contribution is -0.116. The van der Waals surface area contributed by atoms with Crippen LogP contribution in [-0.2, 0) is 21.2 Å². The lowest BCUT2D eigenvalue weighted by Crippen LogP contribution is -2.14. The van der Waals surface area contributed by atoms with E-state index >= 15 is 0 Å². The Morgan fingerprint density at radius 1 is 1.24 bits per heavy atom. The maximum atomic E-state index is 11.8. The number of aryl methyl sites for hydroxylation is 1. The Morgan fingerprint density at radius 2 is 2.05 bits per heavy atom. The van der Waals surface area contributed by atoms with Gasteiger partial charge < -0.3 is 5.32 Å². The molecular formula is C14H15N3O3S. The molecule has 1 heterocycles. The van der Waals surface area contributed by atoms with Gasteiger partial charge in [-0.15, -0.1) is 0 Å². The predicted octanol–water partition coefficient (Wildman–Crippen LogP) is 1.30. The molecule has 2 aromatic rings. The van der Waals surface area contributed by atoms with Crippen LogP contribution in [0.25, 0.3) is 0 Å². The van der Waals surface area contributed by atoms with Gasteiger partial charge in [0.15, 0.2) is 0 Å². The number of carbonyl (C=O) groups excluding carboxylic acids is 1. The van der Waals surface area contributed by atoms with Gasteiger partial charge in [0.2, 0.25) is 15.9 Å². The van der Waals surface area contributed by atoms with Crippen LogP contribution in [0.2, 0.25) is 0 Å². The average Bonchev–Trinajstić information content (AvgIpc) is 2.46. The average molecular weight is 305 g/mol. The topological polar surface area (TPSA) is 102 Å². The molecule has 0 bridgehead atoms. The summed E-state index contributed by atoms with van der Waals surface area (Å²) in [5.74, 6) is -0.163. The SMILES string of the molecule is NS(=O)(=O)c1cccc(CCC(=O)Nc2cccnc2)c1. The van der Waals surface area contributed by atoms with Crippen LogP contribution in [0, 0.1) is 0 Å². The van der Waals surface area contributed by atoms with E-state index < -0.39 is 10.0 Å². The summed E-state index contributed by atoms with van der Waals surface area (Å²) in [5, 5.41) is 7.78. The zero-order valence-electron chi connectivity index (χ0n) is 11.2. The quantitative estimate of drug-likeness (QED) is 0.869. The van der Waals surface area contributed by atoms with Crippen LogP contribution in [0.3, 0.4) is 0 Å². The molecule has 0 atom stereocenters. The first-order valence-corrected chi connectivity index (χ1v) is 7.81. The fraction of sp³-hybridized carbons (Fsp3) is 0.143. The summed E-state index contributed by atoms with van der Waals surface area (Å²) >= 11 is 0. The highest BCUT2D eigenvalue weighted by Crippen LogP contribution is 2.12. The van der Waals surface area contributed by atoms with Gasteiger partial charge >= 0.3 is 0 Å². The normalized spacial score (nSPS) is 11.1. The Hall–Kier alpha value is -2.25. The molecule has 1 aromatic carbocycles. The molecular weight excluding hydrogens is 290 g/mol. The number of pyridine rings is 1. The van der Waals surface area contributed by atoms with Gasteiger partial charge in [-0.25, -0.2) is 13.6 Å². The van der Waals surface area contributed by atoms with E-state index in [0.717, 1.165) is 5.56 Å². The van der Waals surface area contributed by atoms with Gasteiger partial charge in [0.05, 0.1) is 16.8 Å². The van der Waals surface area contributed by atoms with Crippen molar-refractivity contribution in [2.24, 2.45) is 5.14 Å². The van der Waals surface area contributed by atoms with E-state index in [2.05, 4.69) is 10.3 Å². The van der Waals surface area contributed by atoms with E-state index in [1.165, 1.54) is 12.1 Å². The first kappa shape index (κ1) is 15.1. The number of rotatable bonds is 5. The Kier molecular flexibility index (Phi) is 4.66. The van der Waals surface area contributed by atoms with Crippen molar-refractivity contribution >= 4 is 21.6 Å². The van der Waals surface area contributed by atoms with Gasteiger partial charge in [0.25, 0.3) is 0 Å². The summed E-state index contributed by atoms with van der Waals surface area (Å²) in [5.41, 5.74) is 1.36. The number of hydrogen-bond acceptors (Lipinski definition) is 4. The van der Waals surface area contributed by atoms with Crippen LogP contribution in [0.5, 0.6) is 0 Å². The first-order valence-electron chi connectivity index (χ1n) is 6.27. The third-order valence-corrected chi connectivity index (χ3v) is 3.72. The van der Waals surface area contributed by atoms with Gasteiger partial charge in [-0.2, -0.15) is 0 Å². The lowest BCUT2D eigenvalue weighted by atomic mass is 10.1. The minimum Gasteiger partial charge on any atom is -0.325 e. The Balaban J connectivity index is 1.96. The fourth-order valence-corrected chi connectivity index (χ4v) is 2.38. The zero-order chi connectivity index (χ0) is 15.3. The molecule has 0 aliphatic rings. The number of aromatic nitrogens is 1. The summed E-state index contributed by atoms with van der Waals surface area (Å²) in [4.78, 5) is 15.7.